The Kier molecular flexibility index (Phi) is 6.48. The fourth-order valence-corrected chi connectivity index (χ4v) is 3.10. The largest absolute Gasteiger partial charge is 0.461 e. The second-order valence-corrected chi connectivity index (χ2v) is 6.46. The first-order valence-corrected chi connectivity index (χ1v) is 9.42. The minimum absolute atomic E-state index is 0.308. The summed E-state index contributed by atoms with van der Waals surface area (Å²) in [5.41, 5.74) is 4.13. The normalized spacial score (nSPS) is 11.1. The maximum atomic E-state index is 12.4. The van der Waals surface area contributed by atoms with Gasteiger partial charge >= 0.3 is 5.97 Å². The first-order chi connectivity index (χ1) is 14.1. The molecule has 0 aliphatic heterocycles. The molecule has 7 heteroatoms. The van der Waals surface area contributed by atoms with Crippen molar-refractivity contribution in [3.63, 3.8) is 0 Å². The van der Waals surface area contributed by atoms with E-state index in [-0.39, 0.29) is 5.97 Å². The summed E-state index contributed by atoms with van der Waals surface area (Å²) in [7, 11) is 0. The number of aliphatic imine (C=N–C) groups is 1. The van der Waals surface area contributed by atoms with Crippen LogP contribution in [0.5, 0.6) is 0 Å². The van der Waals surface area contributed by atoms with Gasteiger partial charge in [-0.05, 0) is 50.1 Å². The summed E-state index contributed by atoms with van der Waals surface area (Å²) in [5, 5.41) is 15.6. The van der Waals surface area contributed by atoms with Crippen molar-refractivity contribution in [3.8, 4) is 6.19 Å². The van der Waals surface area contributed by atoms with Gasteiger partial charge in [-0.25, -0.2) is 4.79 Å². The molecule has 29 heavy (non-hydrogen) atoms. The summed E-state index contributed by atoms with van der Waals surface area (Å²) in [6.45, 7) is 4.49. The number of aromatic nitrogens is 1. The van der Waals surface area contributed by atoms with E-state index in [4.69, 9.17) is 10.00 Å². The number of anilines is 1. The standard InChI is InChI=1S/C22H23N5O2/c1-3-29-21(28)20-17(18-13-15(2)9-10-19(18)27-20)11-12-24-22(25-14-23)26-16-7-5-4-6-8-16/h4-10,13,27H,3,11-12H2,1-2H3,(H2,24,25,26). The molecule has 0 saturated heterocycles. The molecule has 0 aliphatic carbocycles. The van der Waals surface area contributed by atoms with Gasteiger partial charge in [0.05, 0.1) is 6.61 Å². The molecule has 3 N–H and O–H groups in total. The van der Waals surface area contributed by atoms with E-state index in [0.29, 0.717) is 31.2 Å². The highest BCUT2D eigenvalue weighted by molar-refractivity contribution is 5.98. The zero-order valence-corrected chi connectivity index (χ0v) is 16.5. The van der Waals surface area contributed by atoms with E-state index >= 15 is 0 Å². The van der Waals surface area contributed by atoms with E-state index in [2.05, 4.69) is 20.6 Å². The van der Waals surface area contributed by atoms with Crippen molar-refractivity contribution in [2.45, 2.75) is 20.3 Å². The number of guanidine groups is 1. The predicted octanol–water partition coefficient (Wildman–Crippen LogP) is 3.73. The third kappa shape index (κ3) is 4.93. The molecule has 2 aromatic carbocycles. The van der Waals surface area contributed by atoms with Crippen LogP contribution < -0.4 is 10.6 Å². The Morgan fingerprint density at radius 3 is 2.76 bits per heavy atom. The third-order valence-electron chi connectivity index (χ3n) is 4.38. The number of carbonyl (C=O) groups is 1. The lowest BCUT2D eigenvalue weighted by Gasteiger charge is -2.08. The number of esters is 1. The fraction of sp³-hybridized carbons (Fsp3) is 0.227. The van der Waals surface area contributed by atoms with E-state index < -0.39 is 0 Å². The summed E-state index contributed by atoms with van der Waals surface area (Å²) in [5.74, 6) is -0.0227. The zero-order chi connectivity index (χ0) is 20.6. The van der Waals surface area contributed by atoms with Crippen molar-refractivity contribution in [1.82, 2.24) is 10.3 Å². The third-order valence-corrected chi connectivity index (χ3v) is 4.38. The number of aryl methyl sites for hydroxylation is 1. The Hall–Kier alpha value is -3.79. The summed E-state index contributed by atoms with van der Waals surface area (Å²) in [6, 6.07) is 15.5. The second kappa shape index (κ2) is 9.42. The second-order valence-electron chi connectivity index (χ2n) is 6.46. The Bertz CT molecular complexity index is 1060. The number of aromatic amines is 1. The van der Waals surface area contributed by atoms with Crippen LogP contribution in [0.3, 0.4) is 0 Å². The Labute approximate surface area is 169 Å². The number of carbonyl (C=O) groups excluding carboxylic acids is 1. The van der Waals surface area contributed by atoms with E-state index in [1.165, 1.54) is 0 Å². The predicted molar refractivity (Wildman–Crippen MR) is 114 cm³/mol. The van der Waals surface area contributed by atoms with Gasteiger partial charge in [-0.3, -0.25) is 10.3 Å². The molecule has 0 aliphatic rings. The zero-order valence-electron chi connectivity index (χ0n) is 16.5. The van der Waals surface area contributed by atoms with Gasteiger partial charge in [-0.2, -0.15) is 5.26 Å². The van der Waals surface area contributed by atoms with Crippen LogP contribution in [-0.4, -0.2) is 30.1 Å². The van der Waals surface area contributed by atoms with Crippen LogP contribution in [0.15, 0.2) is 53.5 Å². The van der Waals surface area contributed by atoms with Gasteiger partial charge in [0.15, 0.2) is 6.19 Å². The average molecular weight is 389 g/mol. The molecule has 0 amide bonds. The summed E-state index contributed by atoms with van der Waals surface area (Å²) < 4.78 is 5.20. The molecule has 0 atom stereocenters. The number of fused-ring (bicyclic) bond motifs is 1. The summed E-state index contributed by atoms with van der Waals surface area (Å²) in [4.78, 5) is 20.0. The van der Waals surface area contributed by atoms with Crippen LogP contribution in [0, 0.1) is 18.4 Å². The summed E-state index contributed by atoms with van der Waals surface area (Å²) >= 11 is 0. The highest BCUT2D eigenvalue weighted by atomic mass is 16.5. The van der Waals surface area contributed by atoms with Crippen molar-refractivity contribution in [3.05, 3.63) is 65.4 Å². The molecule has 7 nitrogen and oxygen atoms in total. The van der Waals surface area contributed by atoms with Gasteiger partial charge in [-0.1, -0.05) is 29.8 Å². The van der Waals surface area contributed by atoms with Crippen LogP contribution in [-0.2, 0) is 11.2 Å². The van der Waals surface area contributed by atoms with E-state index in [1.807, 2.05) is 61.6 Å². The van der Waals surface area contributed by atoms with Gasteiger partial charge < -0.3 is 15.0 Å². The lowest BCUT2D eigenvalue weighted by Crippen LogP contribution is -2.27. The van der Waals surface area contributed by atoms with Crippen molar-refractivity contribution in [2.24, 2.45) is 4.99 Å². The van der Waals surface area contributed by atoms with Crippen molar-refractivity contribution >= 4 is 28.5 Å². The maximum absolute atomic E-state index is 12.4. The molecule has 0 unspecified atom stereocenters. The topological polar surface area (TPSA) is 102 Å². The Balaban J connectivity index is 1.85. The number of benzene rings is 2. The quantitative estimate of drug-likeness (QED) is 0.196. The minimum atomic E-state index is -0.377. The molecule has 1 heterocycles. The van der Waals surface area contributed by atoms with Gasteiger partial charge in [0.1, 0.15) is 5.69 Å². The monoisotopic (exact) mass is 389 g/mol. The van der Waals surface area contributed by atoms with Crippen LogP contribution in [0.25, 0.3) is 10.9 Å². The Morgan fingerprint density at radius 1 is 1.24 bits per heavy atom. The SMILES string of the molecule is CCOC(=O)c1[nH]c2ccc(C)cc2c1CCN=C(NC#N)Nc1ccccc1. The number of para-hydroxylation sites is 1. The van der Waals surface area contributed by atoms with Gasteiger partial charge in [0, 0.05) is 23.1 Å². The number of rotatable bonds is 6. The smallest absolute Gasteiger partial charge is 0.355 e. The molecule has 0 fully saturated rings. The number of hydrogen-bond donors (Lipinski definition) is 3. The van der Waals surface area contributed by atoms with Crippen LogP contribution in [0.2, 0.25) is 0 Å². The number of nitriles is 1. The molecule has 3 aromatic rings. The lowest BCUT2D eigenvalue weighted by molar-refractivity contribution is 0.0519. The van der Waals surface area contributed by atoms with Crippen LogP contribution in [0.4, 0.5) is 5.69 Å². The van der Waals surface area contributed by atoms with E-state index in [9.17, 15) is 4.79 Å². The molecular weight excluding hydrogens is 366 g/mol. The van der Waals surface area contributed by atoms with Gasteiger partial charge in [0.25, 0.3) is 0 Å². The van der Waals surface area contributed by atoms with Crippen molar-refractivity contribution < 1.29 is 9.53 Å². The van der Waals surface area contributed by atoms with E-state index in [1.54, 1.807) is 6.92 Å². The number of nitrogens with zero attached hydrogens (tertiary/aromatic N) is 2. The molecule has 3 rings (SSSR count). The molecule has 0 bridgehead atoms. The molecule has 1 aromatic heterocycles. The Morgan fingerprint density at radius 2 is 2.03 bits per heavy atom. The fourth-order valence-electron chi connectivity index (χ4n) is 3.10. The molecule has 0 radical (unpaired) electrons. The van der Waals surface area contributed by atoms with Crippen molar-refractivity contribution in [1.29, 1.82) is 5.26 Å². The molecule has 148 valence electrons. The molecule has 0 saturated carbocycles. The van der Waals surface area contributed by atoms with Crippen molar-refractivity contribution in [2.75, 3.05) is 18.5 Å². The van der Waals surface area contributed by atoms with Crippen LogP contribution in [0.1, 0.15) is 28.5 Å². The first kappa shape index (κ1) is 20.0. The number of ether oxygens (including phenoxy) is 1. The highest BCUT2D eigenvalue weighted by Gasteiger charge is 2.18. The highest BCUT2D eigenvalue weighted by Crippen LogP contribution is 2.25. The molecular formula is C22H23N5O2. The lowest BCUT2D eigenvalue weighted by atomic mass is 10.1. The maximum Gasteiger partial charge on any atom is 0.355 e. The summed E-state index contributed by atoms with van der Waals surface area (Å²) in [6.07, 6.45) is 2.41. The number of hydrogen-bond acceptors (Lipinski definition) is 4. The van der Waals surface area contributed by atoms with Gasteiger partial charge in [-0.15, -0.1) is 0 Å². The minimum Gasteiger partial charge on any atom is -0.461 e. The van der Waals surface area contributed by atoms with E-state index in [0.717, 1.165) is 27.7 Å². The molecule has 0 spiro atoms. The number of nitrogens with one attached hydrogen (secondary N) is 3. The number of H-pyrrole nitrogens is 1. The average Bonchev–Trinajstić information content (AvgIpc) is 3.07. The van der Waals surface area contributed by atoms with Gasteiger partial charge in [0.2, 0.25) is 5.96 Å². The van der Waals surface area contributed by atoms with Crippen LogP contribution >= 0.6 is 0 Å². The first-order valence-electron chi connectivity index (χ1n) is 9.42.